The summed E-state index contributed by atoms with van der Waals surface area (Å²) >= 11 is 0. The molecule has 10 heteroatoms. The Labute approximate surface area is 209 Å². The van der Waals surface area contributed by atoms with Crippen LogP contribution < -0.4 is 22.1 Å². The van der Waals surface area contributed by atoms with Crippen LogP contribution in [0, 0.1) is 11.8 Å². The molecule has 36 heavy (non-hydrogen) atoms. The number of hydrogen-bond acceptors (Lipinski definition) is 5. The van der Waals surface area contributed by atoms with Gasteiger partial charge >= 0.3 is 5.69 Å². The molecule has 1 saturated carbocycles. The topological polar surface area (TPSA) is 120 Å². The van der Waals surface area contributed by atoms with Gasteiger partial charge in [-0.2, -0.15) is 0 Å². The highest BCUT2D eigenvalue weighted by atomic mass is 16.2. The van der Waals surface area contributed by atoms with E-state index in [-0.39, 0.29) is 29.5 Å². The third-order valence-corrected chi connectivity index (χ3v) is 6.63. The number of imidazole rings is 1. The quantitative estimate of drug-likeness (QED) is 0.442. The van der Waals surface area contributed by atoms with Crippen LogP contribution in [0.4, 0.5) is 0 Å². The van der Waals surface area contributed by atoms with Crippen molar-refractivity contribution in [3.8, 4) is 0 Å². The standard InChI is InChI=1S/C26H34N6O4/c1-18(2)14-30-17-27-24-23(30)25(35)32(26(36)31(24)15-20-10-4-3-5-11-20)16-22(34)29-28-21(33)13-12-19-8-6-7-9-19/h3-5,10-11,17-19H,6-9,12-16H2,1-2H3,(H,28,33)(H,29,34). The fourth-order valence-corrected chi connectivity index (χ4v) is 4.84. The lowest BCUT2D eigenvalue weighted by Crippen LogP contribution is -2.48. The SMILES string of the molecule is CC(C)Cn1cnc2c1c(=O)n(CC(=O)NNC(=O)CCC1CCCC1)c(=O)n2Cc1ccccc1. The molecule has 1 aromatic carbocycles. The second-order valence-corrected chi connectivity index (χ2v) is 9.99. The Morgan fingerprint density at radius 1 is 1.03 bits per heavy atom. The van der Waals surface area contributed by atoms with Gasteiger partial charge in [0.25, 0.3) is 11.5 Å². The number of aromatic nitrogens is 4. The summed E-state index contributed by atoms with van der Waals surface area (Å²) in [6.45, 7) is 4.27. The fourth-order valence-electron chi connectivity index (χ4n) is 4.84. The van der Waals surface area contributed by atoms with E-state index in [0.29, 0.717) is 18.9 Å². The van der Waals surface area contributed by atoms with E-state index in [1.165, 1.54) is 17.4 Å². The summed E-state index contributed by atoms with van der Waals surface area (Å²) < 4.78 is 4.04. The average molecular weight is 495 g/mol. The Hall–Kier alpha value is -3.69. The van der Waals surface area contributed by atoms with Crippen molar-refractivity contribution in [2.24, 2.45) is 11.8 Å². The van der Waals surface area contributed by atoms with Gasteiger partial charge in [0.1, 0.15) is 6.54 Å². The first-order valence-electron chi connectivity index (χ1n) is 12.6. The van der Waals surface area contributed by atoms with Crippen LogP contribution in [0.2, 0.25) is 0 Å². The number of rotatable bonds is 9. The second-order valence-electron chi connectivity index (χ2n) is 9.99. The zero-order chi connectivity index (χ0) is 25.7. The molecule has 2 amide bonds. The first-order chi connectivity index (χ1) is 17.3. The van der Waals surface area contributed by atoms with Crippen LogP contribution in [-0.4, -0.2) is 30.5 Å². The van der Waals surface area contributed by atoms with Gasteiger partial charge in [-0.15, -0.1) is 0 Å². The predicted molar refractivity (Wildman–Crippen MR) is 136 cm³/mol. The van der Waals surface area contributed by atoms with E-state index in [0.717, 1.165) is 29.4 Å². The third-order valence-electron chi connectivity index (χ3n) is 6.63. The molecule has 192 valence electrons. The van der Waals surface area contributed by atoms with E-state index >= 15 is 0 Å². The molecule has 2 aromatic heterocycles. The first kappa shape index (κ1) is 25.4. The number of nitrogens with zero attached hydrogens (tertiary/aromatic N) is 4. The largest absolute Gasteiger partial charge is 0.333 e. The molecule has 1 aliphatic rings. The second kappa shape index (κ2) is 11.4. The van der Waals surface area contributed by atoms with Crippen molar-refractivity contribution in [2.45, 2.75) is 72.0 Å². The van der Waals surface area contributed by atoms with Crippen LogP contribution in [0.1, 0.15) is 57.9 Å². The van der Waals surface area contributed by atoms with Crippen molar-refractivity contribution in [3.63, 3.8) is 0 Å². The van der Waals surface area contributed by atoms with E-state index in [2.05, 4.69) is 15.8 Å². The van der Waals surface area contributed by atoms with Gasteiger partial charge in [0, 0.05) is 13.0 Å². The van der Waals surface area contributed by atoms with Crippen LogP contribution in [0.15, 0.2) is 46.2 Å². The molecule has 0 bridgehead atoms. The number of carbonyl (C=O) groups excluding carboxylic acids is 2. The highest BCUT2D eigenvalue weighted by Gasteiger charge is 2.21. The number of fused-ring (bicyclic) bond motifs is 1. The van der Waals surface area contributed by atoms with Crippen LogP contribution >= 0.6 is 0 Å². The minimum Gasteiger partial charge on any atom is -0.324 e. The number of benzene rings is 1. The van der Waals surface area contributed by atoms with E-state index in [9.17, 15) is 19.2 Å². The van der Waals surface area contributed by atoms with E-state index < -0.39 is 23.7 Å². The Kier molecular flexibility index (Phi) is 8.02. The molecule has 10 nitrogen and oxygen atoms in total. The Bertz CT molecular complexity index is 1330. The van der Waals surface area contributed by atoms with E-state index in [1.807, 2.05) is 44.2 Å². The Morgan fingerprint density at radius 2 is 1.72 bits per heavy atom. The molecule has 2 N–H and O–H groups in total. The fraction of sp³-hybridized carbons (Fsp3) is 0.500. The summed E-state index contributed by atoms with van der Waals surface area (Å²) in [4.78, 5) is 55.9. The molecule has 0 radical (unpaired) electrons. The molecular weight excluding hydrogens is 460 g/mol. The van der Waals surface area contributed by atoms with Crippen molar-refractivity contribution in [3.05, 3.63) is 63.1 Å². The molecule has 1 aliphatic carbocycles. The number of nitrogens with one attached hydrogen (secondary N) is 2. The van der Waals surface area contributed by atoms with Crippen LogP contribution in [-0.2, 0) is 29.2 Å². The van der Waals surface area contributed by atoms with Crippen molar-refractivity contribution in [1.29, 1.82) is 0 Å². The number of amides is 2. The molecule has 2 heterocycles. The highest BCUT2D eigenvalue weighted by molar-refractivity contribution is 5.82. The lowest BCUT2D eigenvalue weighted by molar-refractivity contribution is -0.129. The molecule has 0 atom stereocenters. The summed E-state index contributed by atoms with van der Waals surface area (Å²) in [5.74, 6) is -0.124. The minimum absolute atomic E-state index is 0.203. The minimum atomic E-state index is -0.649. The highest BCUT2D eigenvalue weighted by Crippen LogP contribution is 2.28. The van der Waals surface area contributed by atoms with Crippen molar-refractivity contribution >= 4 is 23.0 Å². The molecule has 1 fully saturated rings. The van der Waals surface area contributed by atoms with Crippen LogP contribution in [0.25, 0.3) is 11.2 Å². The monoisotopic (exact) mass is 494 g/mol. The van der Waals surface area contributed by atoms with Crippen molar-refractivity contribution < 1.29 is 9.59 Å². The Morgan fingerprint density at radius 3 is 2.42 bits per heavy atom. The normalized spacial score (nSPS) is 14.0. The van der Waals surface area contributed by atoms with E-state index in [4.69, 9.17) is 0 Å². The number of carbonyl (C=O) groups is 2. The number of hydrazine groups is 1. The zero-order valence-electron chi connectivity index (χ0n) is 20.9. The Balaban J connectivity index is 1.56. The van der Waals surface area contributed by atoms with Gasteiger partial charge in [-0.1, -0.05) is 69.9 Å². The van der Waals surface area contributed by atoms with Crippen molar-refractivity contribution in [2.75, 3.05) is 0 Å². The maximum absolute atomic E-state index is 13.4. The maximum Gasteiger partial charge on any atom is 0.333 e. The van der Waals surface area contributed by atoms with Gasteiger partial charge in [-0.05, 0) is 23.8 Å². The number of hydrogen-bond donors (Lipinski definition) is 2. The van der Waals surface area contributed by atoms with Crippen LogP contribution in [0.5, 0.6) is 0 Å². The average Bonchev–Trinajstić information content (AvgIpc) is 3.52. The van der Waals surface area contributed by atoms with Crippen molar-refractivity contribution in [1.82, 2.24) is 29.5 Å². The molecular formula is C26H34N6O4. The summed E-state index contributed by atoms with van der Waals surface area (Å²) in [6, 6.07) is 9.38. The molecule has 0 aliphatic heterocycles. The van der Waals surface area contributed by atoms with Gasteiger partial charge in [0.15, 0.2) is 11.2 Å². The van der Waals surface area contributed by atoms with Gasteiger partial charge < -0.3 is 4.57 Å². The molecule has 4 rings (SSSR count). The molecule has 0 unspecified atom stereocenters. The summed E-state index contributed by atoms with van der Waals surface area (Å²) in [6.07, 6.45) is 7.39. The van der Waals surface area contributed by atoms with Gasteiger partial charge in [0.2, 0.25) is 5.91 Å². The molecule has 0 saturated heterocycles. The summed E-state index contributed by atoms with van der Waals surface area (Å²) in [5, 5.41) is 0. The predicted octanol–water partition coefficient (Wildman–Crippen LogP) is 2.18. The van der Waals surface area contributed by atoms with Gasteiger partial charge in [-0.25, -0.2) is 14.3 Å². The van der Waals surface area contributed by atoms with E-state index in [1.54, 1.807) is 10.9 Å². The summed E-state index contributed by atoms with van der Waals surface area (Å²) in [7, 11) is 0. The smallest absolute Gasteiger partial charge is 0.324 e. The lowest BCUT2D eigenvalue weighted by atomic mass is 10.0. The molecule has 0 spiro atoms. The third kappa shape index (κ3) is 5.92. The van der Waals surface area contributed by atoms with Crippen LogP contribution in [0.3, 0.4) is 0 Å². The van der Waals surface area contributed by atoms with Gasteiger partial charge in [0.05, 0.1) is 12.9 Å². The lowest BCUT2D eigenvalue weighted by Gasteiger charge is -2.14. The first-order valence-corrected chi connectivity index (χ1v) is 12.6. The zero-order valence-corrected chi connectivity index (χ0v) is 20.9. The maximum atomic E-state index is 13.4. The molecule has 3 aromatic rings. The van der Waals surface area contributed by atoms with Gasteiger partial charge in [-0.3, -0.25) is 29.8 Å². The summed E-state index contributed by atoms with van der Waals surface area (Å²) in [5.41, 5.74) is 4.96.